The van der Waals surface area contributed by atoms with E-state index < -0.39 is 97.5 Å². The van der Waals surface area contributed by atoms with Crippen LogP contribution in [-0.4, -0.2) is 96.7 Å². The molecule has 19 heteroatoms. The van der Waals surface area contributed by atoms with E-state index in [4.69, 9.17) is 37.0 Å². The van der Waals surface area contributed by atoms with Crippen LogP contribution >= 0.6 is 15.6 Å². The predicted molar refractivity (Wildman–Crippen MR) is 455 cm³/mol. The molecular weight excluding hydrogens is 1430 g/mol. The molecule has 0 rings (SSSR count). The summed E-state index contributed by atoms with van der Waals surface area (Å²) in [7, 11) is -9.93. The van der Waals surface area contributed by atoms with Gasteiger partial charge in [0.1, 0.15) is 19.3 Å². The van der Waals surface area contributed by atoms with Gasteiger partial charge in [0.05, 0.1) is 26.4 Å². The fraction of sp³-hybridized carbons (Fsp3) is 0.956. The number of carbonyl (C=O) groups excluding carboxylic acids is 4. The highest BCUT2D eigenvalue weighted by atomic mass is 31.2. The van der Waals surface area contributed by atoms with Crippen LogP contribution in [0.5, 0.6) is 0 Å². The van der Waals surface area contributed by atoms with Gasteiger partial charge in [-0.1, -0.05) is 434 Å². The number of hydrogen-bond donors (Lipinski definition) is 3. The van der Waals surface area contributed by atoms with Crippen molar-refractivity contribution in [2.45, 2.75) is 503 Å². The summed E-state index contributed by atoms with van der Waals surface area (Å²) >= 11 is 0. The van der Waals surface area contributed by atoms with Crippen molar-refractivity contribution >= 4 is 39.5 Å². The highest BCUT2D eigenvalue weighted by Crippen LogP contribution is 2.45. The Labute approximate surface area is 677 Å². The van der Waals surface area contributed by atoms with Crippen LogP contribution in [0.3, 0.4) is 0 Å². The number of carbonyl (C=O) groups is 4. The third kappa shape index (κ3) is 84.0. The highest BCUT2D eigenvalue weighted by molar-refractivity contribution is 7.47. The van der Waals surface area contributed by atoms with Crippen LogP contribution in [0.4, 0.5) is 0 Å². The Morgan fingerprint density at radius 1 is 0.245 bits per heavy atom. The first kappa shape index (κ1) is 108. The molecule has 110 heavy (non-hydrogen) atoms. The molecule has 3 N–H and O–H groups in total. The Morgan fingerprint density at radius 3 is 0.618 bits per heavy atom. The van der Waals surface area contributed by atoms with Crippen LogP contribution in [0.1, 0.15) is 485 Å². The summed E-state index contributed by atoms with van der Waals surface area (Å²) in [6.45, 7) is 12.0. The quantitative estimate of drug-likeness (QED) is 0.0222. The van der Waals surface area contributed by atoms with Crippen molar-refractivity contribution < 1.29 is 80.2 Å². The molecule has 0 saturated heterocycles. The van der Waals surface area contributed by atoms with E-state index in [1.165, 1.54) is 289 Å². The maximum atomic E-state index is 13.2. The van der Waals surface area contributed by atoms with Gasteiger partial charge in [-0.25, -0.2) is 9.13 Å². The second-order valence-electron chi connectivity index (χ2n) is 34.1. The number of rotatable bonds is 89. The molecule has 17 nitrogen and oxygen atoms in total. The Hall–Kier alpha value is -1.94. The molecule has 0 aromatic carbocycles. The number of ether oxygens (including phenoxy) is 4. The van der Waals surface area contributed by atoms with Gasteiger partial charge < -0.3 is 33.8 Å². The molecule has 2 unspecified atom stereocenters. The van der Waals surface area contributed by atoms with Gasteiger partial charge in [0, 0.05) is 25.7 Å². The van der Waals surface area contributed by atoms with Crippen LogP contribution in [0, 0.1) is 17.8 Å². The summed E-state index contributed by atoms with van der Waals surface area (Å²) in [5, 5.41) is 10.7. The van der Waals surface area contributed by atoms with Crippen molar-refractivity contribution in [1.29, 1.82) is 0 Å². The van der Waals surface area contributed by atoms with Gasteiger partial charge in [-0.15, -0.1) is 0 Å². The molecule has 0 spiro atoms. The van der Waals surface area contributed by atoms with E-state index in [-0.39, 0.29) is 25.7 Å². The van der Waals surface area contributed by atoms with E-state index >= 15 is 0 Å². The molecule has 0 aliphatic rings. The van der Waals surface area contributed by atoms with Crippen molar-refractivity contribution in [2.24, 2.45) is 17.8 Å². The van der Waals surface area contributed by atoms with Gasteiger partial charge in [0.15, 0.2) is 12.2 Å². The Kier molecular flexibility index (Phi) is 79.4. The smallest absolute Gasteiger partial charge is 0.462 e. The molecule has 0 amide bonds. The lowest BCUT2D eigenvalue weighted by molar-refractivity contribution is -0.161. The molecule has 0 fully saturated rings. The third-order valence-corrected chi connectivity index (χ3v) is 23.3. The molecule has 0 heterocycles. The number of esters is 4. The Morgan fingerprint density at radius 2 is 0.418 bits per heavy atom. The molecule has 0 aromatic rings. The zero-order chi connectivity index (χ0) is 80.8. The van der Waals surface area contributed by atoms with Crippen molar-refractivity contribution in [2.75, 3.05) is 39.6 Å². The standard InChI is InChI=1S/C91H178O17P2/c1-8-9-10-11-12-13-14-15-16-17-18-19-20-24-30-35-40-45-50-58-65-72-88(93)101-78-86(107-90(95)74-67-60-51-46-41-36-31-25-22-21-23-28-33-38-43-48-55-62-69-82(2)3)80-105-109(97,98)103-76-85(92)77-104-110(99,100)106-81-87(79-102-89(94)73-66-59-54-53-57-64-71-84(6)7)108-91(96)75-68-61-52-47-42-37-32-27-26-29-34-39-44-49-56-63-70-83(4)5/h82-87,92H,8-81H2,1-7H3,(H,97,98)(H,99,100)/t85-,86-,87-/m1/s1. The van der Waals surface area contributed by atoms with Gasteiger partial charge in [-0.05, 0) is 43.4 Å². The van der Waals surface area contributed by atoms with Crippen LogP contribution in [0.15, 0.2) is 0 Å². The average Bonchev–Trinajstić information content (AvgIpc) is 0.898. The summed E-state index contributed by atoms with van der Waals surface area (Å²) in [4.78, 5) is 73.3. The number of phosphoric ester groups is 2. The molecule has 0 aromatic heterocycles. The number of unbranched alkanes of at least 4 members (excludes halogenated alkanes) is 57. The minimum atomic E-state index is -4.97. The SMILES string of the molecule is CCCCCCCCCCCCCCCCCCCCCCCC(=O)OC[C@H](COP(=O)(O)OC[C@@H](O)COP(=O)(O)OC[C@@H](COC(=O)CCCCCCCCC(C)C)OC(=O)CCCCCCCCCCCCCCCCCCC(C)C)OC(=O)CCCCCCCCCCCCCCCCCCCCC(C)C. The van der Waals surface area contributed by atoms with Crippen LogP contribution in [0.2, 0.25) is 0 Å². The molecule has 0 aliphatic carbocycles. The first-order chi connectivity index (χ1) is 53.2. The second kappa shape index (κ2) is 80.8. The molecule has 5 atom stereocenters. The topological polar surface area (TPSA) is 237 Å². The number of aliphatic hydroxyl groups excluding tert-OH is 1. The average molecular weight is 1610 g/mol. The molecular formula is C91H178O17P2. The van der Waals surface area contributed by atoms with Crippen molar-refractivity contribution in [3.8, 4) is 0 Å². The minimum absolute atomic E-state index is 0.107. The van der Waals surface area contributed by atoms with E-state index in [2.05, 4.69) is 48.5 Å². The molecule has 0 bridgehead atoms. The Balaban J connectivity index is 5.19. The lowest BCUT2D eigenvalue weighted by atomic mass is 10.0. The summed E-state index contributed by atoms with van der Waals surface area (Å²) in [5.74, 6) is 0.207. The van der Waals surface area contributed by atoms with Gasteiger partial charge in [-0.2, -0.15) is 0 Å². The summed E-state index contributed by atoms with van der Waals surface area (Å²) in [6.07, 6.45) is 74.0. The summed E-state index contributed by atoms with van der Waals surface area (Å²) in [5.41, 5.74) is 0. The molecule has 0 saturated carbocycles. The first-order valence-electron chi connectivity index (χ1n) is 46.8. The molecule has 0 aliphatic heterocycles. The number of phosphoric acid groups is 2. The molecule has 654 valence electrons. The van der Waals surface area contributed by atoms with Crippen molar-refractivity contribution in [1.82, 2.24) is 0 Å². The highest BCUT2D eigenvalue weighted by Gasteiger charge is 2.31. The third-order valence-electron chi connectivity index (χ3n) is 21.4. The maximum Gasteiger partial charge on any atom is 0.472 e. The number of aliphatic hydroxyl groups is 1. The van der Waals surface area contributed by atoms with Crippen LogP contribution in [-0.2, 0) is 65.4 Å². The largest absolute Gasteiger partial charge is 0.472 e. The van der Waals surface area contributed by atoms with Gasteiger partial charge in [-0.3, -0.25) is 37.3 Å². The monoisotopic (exact) mass is 1610 g/mol. The lowest BCUT2D eigenvalue weighted by Gasteiger charge is -2.21. The van der Waals surface area contributed by atoms with E-state index in [0.717, 1.165) is 108 Å². The second-order valence-corrected chi connectivity index (χ2v) is 37.0. The van der Waals surface area contributed by atoms with Crippen molar-refractivity contribution in [3.63, 3.8) is 0 Å². The van der Waals surface area contributed by atoms with E-state index in [1.807, 2.05) is 0 Å². The van der Waals surface area contributed by atoms with Crippen LogP contribution in [0.25, 0.3) is 0 Å². The van der Waals surface area contributed by atoms with E-state index in [1.54, 1.807) is 0 Å². The van der Waals surface area contributed by atoms with Gasteiger partial charge in [0.2, 0.25) is 0 Å². The van der Waals surface area contributed by atoms with Crippen molar-refractivity contribution in [3.05, 3.63) is 0 Å². The van der Waals surface area contributed by atoms with Crippen LogP contribution < -0.4 is 0 Å². The normalized spacial score (nSPS) is 13.8. The van der Waals surface area contributed by atoms with E-state index in [0.29, 0.717) is 31.6 Å². The lowest BCUT2D eigenvalue weighted by Crippen LogP contribution is -2.30. The minimum Gasteiger partial charge on any atom is -0.462 e. The fourth-order valence-corrected chi connectivity index (χ4v) is 15.8. The van der Waals surface area contributed by atoms with E-state index in [9.17, 15) is 43.2 Å². The summed E-state index contributed by atoms with van der Waals surface area (Å²) < 4.78 is 69.0. The zero-order valence-corrected chi connectivity index (χ0v) is 74.5. The maximum absolute atomic E-state index is 13.2. The fourth-order valence-electron chi connectivity index (χ4n) is 14.3. The zero-order valence-electron chi connectivity index (χ0n) is 72.7. The summed E-state index contributed by atoms with van der Waals surface area (Å²) in [6, 6.07) is 0. The van der Waals surface area contributed by atoms with Gasteiger partial charge in [0.25, 0.3) is 0 Å². The predicted octanol–water partition coefficient (Wildman–Crippen LogP) is 28.0. The van der Waals surface area contributed by atoms with Gasteiger partial charge >= 0.3 is 39.5 Å². The molecule has 0 radical (unpaired) electrons. The Bertz CT molecular complexity index is 2110. The first-order valence-corrected chi connectivity index (χ1v) is 49.8. The number of hydrogen-bond acceptors (Lipinski definition) is 15.